The molecule has 2 amide bonds. The molecule has 0 bridgehead atoms. The Morgan fingerprint density at radius 2 is 1.82 bits per heavy atom. The van der Waals surface area contributed by atoms with Crippen molar-refractivity contribution in [2.45, 2.75) is 20.8 Å². The van der Waals surface area contributed by atoms with Crippen molar-refractivity contribution in [1.82, 2.24) is 4.90 Å². The minimum atomic E-state index is -0.364. The molecule has 2 aromatic rings. The molecule has 6 heteroatoms. The van der Waals surface area contributed by atoms with Crippen LogP contribution in [-0.4, -0.2) is 37.0 Å². The van der Waals surface area contributed by atoms with Crippen LogP contribution < -0.4 is 5.32 Å². The van der Waals surface area contributed by atoms with Gasteiger partial charge >= 0.3 is 0 Å². The maximum atomic E-state index is 13.1. The van der Waals surface area contributed by atoms with Gasteiger partial charge in [0, 0.05) is 17.8 Å². The monoisotopic (exact) mass is 398 g/mol. The first kappa shape index (κ1) is 20.1. The summed E-state index contributed by atoms with van der Waals surface area (Å²) >= 11 is 6.22. The van der Waals surface area contributed by atoms with Crippen LogP contribution >= 0.6 is 11.6 Å². The summed E-state index contributed by atoms with van der Waals surface area (Å²) in [6, 6.07) is 11.3. The van der Waals surface area contributed by atoms with Crippen LogP contribution in [0.3, 0.4) is 0 Å². The van der Waals surface area contributed by atoms with E-state index in [4.69, 9.17) is 16.3 Å². The molecule has 5 nitrogen and oxygen atoms in total. The van der Waals surface area contributed by atoms with Crippen molar-refractivity contribution in [3.05, 3.63) is 69.4 Å². The second-order valence-corrected chi connectivity index (χ2v) is 7.27. The number of carbonyl (C=O) groups is 2. The second kappa shape index (κ2) is 8.17. The third-order valence-electron chi connectivity index (χ3n) is 4.87. The number of benzene rings is 2. The predicted octanol–water partition coefficient (Wildman–Crippen LogP) is 4.10. The number of imide groups is 1. The summed E-state index contributed by atoms with van der Waals surface area (Å²) in [4.78, 5) is 27.4. The highest BCUT2D eigenvalue weighted by molar-refractivity contribution is 6.37. The fraction of sp³-hybridized carbons (Fsp3) is 0.273. The average Bonchev–Trinajstić information content (AvgIpc) is 2.87. The van der Waals surface area contributed by atoms with Crippen molar-refractivity contribution in [1.29, 1.82) is 0 Å². The first-order valence-electron chi connectivity index (χ1n) is 9.04. The molecule has 0 spiro atoms. The third kappa shape index (κ3) is 3.68. The topological polar surface area (TPSA) is 58.6 Å². The van der Waals surface area contributed by atoms with Crippen molar-refractivity contribution in [3.8, 4) is 0 Å². The van der Waals surface area contributed by atoms with Crippen LogP contribution in [0.1, 0.15) is 22.3 Å². The molecule has 0 unspecified atom stereocenters. The minimum absolute atomic E-state index is 0.197. The number of nitrogens with one attached hydrogen (secondary N) is 1. The maximum Gasteiger partial charge on any atom is 0.278 e. The van der Waals surface area contributed by atoms with E-state index in [9.17, 15) is 9.59 Å². The summed E-state index contributed by atoms with van der Waals surface area (Å²) < 4.78 is 5.07. The zero-order valence-corrected chi connectivity index (χ0v) is 17.2. The van der Waals surface area contributed by atoms with Crippen molar-refractivity contribution in [2.24, 2.45) is 0 Å². The lowest BCUT2D eigenvalue weighted by Gasteiger charge is -2.15. The van der Waals surface area contributed by atoms with E-state index in [1.54, 1.807) is 12.1 Å². The zero-order chi connectivity index (χ0) is 20.4. The number of rotatable bonds is 6. The van der Waals surface area contributed by atoms with Gasteiger partial charge in [-0.3, -0.25) is 14.5 Å². The Morgan fingerprint density at radius 1 is 1.07 bits per heavy atom. The molecule has 1 aliphatic heterocycles. The molecule has 0 aliphatic carbocycles. The molecule has 1 heterocycles. The zero-order valence-electron chi connectivity index (χ0n) is 16.4. The van der Waals surface area contributed by atoms with E-state index in [2.05, 4.69) is 5.32 Å². The molecule has 1 aliphatic rings. The number of nitrogens with zero attached hydrogens (tertiary/aromatic N) is 1. The van der Waals surface area contributed by atoms with E-state index >= 15 is 0 Å². The van der Waals surface area contributed by atoms with E-state index in [1.165, 1.54) is 12.0 Å². The Morgan fingerprint density at radius 3 is 2.50 bits per heavy atom. The molecule has 0 radical (unpaired) electrons. The van der Waals surface area contributed by atoms with Gasteiger partial charge in [-0.1, -0.05) is 41.4 Å². The summed E-state index contributed by atoms with van der Waals surface area (Å²) in [7, 11) is 1.54. The molecule has 3 rings (SSSR count). The van der Waals surface area contributed by atoms with Gasteiger partial charge in [0.2, 0.25) is 0 Å². The van der Waals surface area contributed by atoms with E-state index in [-0.39, 0.29) is 30.7 Å². The van der Waals surface area contributed by atoms with Gasteiger partial charge in [-0.15, -0.1) is 0 Å². The fourth-order valence-corrected chi connectivity index (χ4v) is 3.47. The third-order valence-corrected chi connectivity index (χ3v) is 5.28. The molecule has 2 aromatic carbocycles. The number of halogens is 1. The predicted molar refractivity (Wildman–Crippen MR) is 111 cm³/mol. The largest absolute Gasteiger partial charge is 0.383 e. The number of hydrogen-bond acceptors (Lipinski definition) is 4. The molecule has 0 fully saturated rings. The Bertz CT molecular complexity index is 982. The molecule has 0 atom stereocenters. The van der Waals surface area contributed by atoms with Gasteiger partial charge in [0.05, 0.1) is 18.7 Å². The van der Waals surface area contributed by atoms with Gasteiger partial charge in [-0.25, -0.2) is 0 Å². The Kier molecular flexibility index (Phi) is 5.87. The molecule has 0 saturated heterocycles. The number of ether oxygens (including phenoxy) is 1. The quantitative estimate of drug-likeness (QED) is 0.744. The van der Waals surface area contributed by atoms with Gasteiger partial charge in [0.25, 0.3) is 11.8 Å². The van der Waals surface area contributed by atoms with Crippen LogP contribution in [0.15, 0.2) is 42.1 Å². The number of methoxy groups -OCH3 is 1. The molecule has 0 saturated carbocycles. The van der Waals surface area contributed by atoms with Crippen LogP contribution in [0.5, 0.6) is 0 Å². The molecular weight excluding hydrogens is 376 g/mol. The second-order valence-electron chi connectivity index (χ2n) is 6.86. The highest BCUT2D eigenvalue weighted by Crippen LogP contribution is 2.34. The first-order valence-corrected chi connectivity index (χ1v) is 9.42. The molecular formula is C22H23ClN2O3. The summed E-state index contributed by atoms with van der Waals surface area (Å²) in [6.07, 6.45) is 0. The fourth-order valence-electron chi connectivity index (χ4n) is 3.30. The van der Waals surface area contributed by atoms with E-state index < -0.39 is 0 Å². The summed E-state index contributed by atoms with van der Waals surface area (Å²) in [5.41, 5.74) is 4.91. The molecule has 1 N–H and O–H groups in total. The summed E-state index contributed by atoms with van der Waals surface area (Å²) in [6.45, 7) is 6.27. The van der Waals surface area contributed by atoms with Gasteiger partial charge in [0.1, 0.15) is 5.70 Å². The molecule has 28 heavy (non-hydrogen) atoms. The first-order chi connectivity index (χ1) is 13.3. The Balaban J connectivity index is 2.12. The van der Waals surface area contributed by atoms with Crippen molar-refractivity contribution in [2.75, 3.05) is 25.6 Å². The number of aryl methyl sites for hydroxylation is 2. The standard InChI is InChI=1S/C22H23ClN2O3/c1-13-8-9-16(14(2)12-13)19-20(22(27)25(21(19)26)10-11-28-4)24-18-7-5-6-17(23)15(18)3/h5-9,12,24H,10-11H2,1-4H3. The molecule has 146 valence electrons. The molecule has 0 aromatic heterocycles. The maximum absolute atomic E-state index is 13.1. The number of amides is 2. The number of hydrogen-bond donors (Lipinski definition) is 1. The number of carbonyl (C=O) groups excluding carboxylic acids is 2. The summed E-state index contributed by atoms with van der Waals surface area (Å²) in [5, 5.41) is 3.76. The number of anilines is 1. The lowest BCUT2D eigenvalue weighted by molar-refractivity contribution is -0.137. The van der Waals surface area contributed by atoms with E-state index in [1.807, 2.05) is 45.0 Å². The van der Waals surface area contributed by atoms with Gasteiger partial charge < -0.3 is 10.1 Å². The van der Waals surface area contributed by atoms with Crippen molar-refractivity contribution >= 4 is 34.7 Å². The van der Waals surface area contributed by atoms with Gasteiger partial charge in [0.15, 0.2) is 0 Å². The highest BCUT2D eigenvalue weighted by Gasteiger charge is 2.39. The van der Waals surface area contributed by atoms with E-state index in [0.29, 0.717) is 16.3 Å². The van der Waals surface area contributed by atoms with Crippen LogP contribution in [0.4, 0.5) is 5.69 Å². The highest BCUT2D eigenvalue weighted by atomic mass is 35.5. The smallest absolute Gasteiger partial charge is 0.278 e. The Hall–Kier alpha value is -2.63. The van der Waals surface area contributed by atoms with Crippen LogP contribution in [0, 0.1) is 20.8 Å². The lowest BCUT2D eigenvalue weighted by atomic mass is 9.97. The van der Waals surface area contributed by atoms with Crippen molar-refractivity contribution in [3.63, 3.8) is 0 Å². The SMILES string of the molecule is COCCN1C(=O)C(Nc2cccc(Cl)c2C)=C(c2ccc(C)cc2C)C1=O. The Labute approximate surface area is 169 Å². The van der Waals surface area contributed by atoms with Crippen LogP contribution in [-0.2, 0) is 14.3 Å². The average molecular weight is 399 g/mol. The van der Waals surface area contributed by atoms with Gasteiger partial charge in [-0.2, -0.15) is 0 Å². The van der Waals surface area contributed by atoms with Crippen LogP contribution in [0.2, 0.25) is 5.02 Å². The lowest BCUT2D eigenvalue weighted by Crippen LogP contribution is -2.35. The van der Waals surface area contributed by atoms with Crippen LogP contribution in [0.25, 0.3) is 5.57 Å². The van der Waals surface area contributed by atoms with Crippen molar-refractivity contribution < 1.29 is 14.3 Å². The summed E-state index contributed by atoms with van der Waals surface area (Å²) in [5.74, 6) is -0.687. The minimum Gasteiger partial charge on any atom is -0.383 e. The van der Waals surface area contributed by atoms with Gasteiger partial charge in [-0.05, 0) is 49.6 Å². The van der Waals surface area contributed by atoms with E-state index in [0.717, 1.165) is 22.3 Å². The normalized spacial score (nSPS) is 14.2.